The third-order valence-corrected chi connectivity index (χ3v) is 4.13. The van der Waals surface area contributed by atoms with Gasteiger partial charge in [-0.3, -0.25) is 9.59 Å². The number of hydrogen-bond donors (Lipinski definition) is 2. The summed E-state index contributed by atoms with van der Waals surface area (Å²) in [5.41, 5.74) is 0.401. The Morgan fingerprint density at radius 2 is 1.65 bits per heavy atom. The van der Waals surface area contributed by atoms with Crippen LogP contribution in [0.4, 0.5) is 5.69 Å². The molecule has 2 amide bonds. The summed E-state index contributed by atoms with van der Waals surface area (Å²) in [5.74, 6) is -0.864. The molecule has 0 saturated heterocycles. The van der Waals surface area contributed by atoms with Gasteiger partial charge in [0.25, 0.3) is 0 Å². The Hall–Kier alpha value is -2.37. The van der Waals surface area contributed by atoms with Crippen molar-refractivity contribution in [2.45, 2.75) is 54.0 Å². The number of carbonyl (C=O) groups excluding carboxylic acids is 3. The Labute approximate surface area is 155 Å². The van der Waals surface area contributed by atoms with Crippen molar-refractivity contribution < 1.29 is 19.1 Å². The first kappa shape index (κ1) is 21.7. The van der Waals surface area contributed by atoms with Crippen LogP contribution in [0.2, 0.25) is 0 Å². The maximum absolute atomic E-state index is 12.7. The molecule has 0 aliphatic heterocycles. The molecular formula is C20H30N2O4. The van der Waals surface area contributed by atoms with E-state index in [1.165, 1.54) is 0 Å². The van der Waals surface area contributed by atoms with Crippen LogP contribution in [0, 0.1) is 11.3 Å². The van der Waals surface area contributed by atoms with Crippen molar-refractivity contribution in [3.8, 4) is 0 Å². The lowest BCUT2D eigenvalue weighted by Crippen LogP contribution is -2.50. The molecule has 0 aliphatic rings. The zero-order chi connectivity index (χ0) is 19.9. The highest BCUT2D eigenvalue weighted by Crippen LogP contribution is 2.17. The minimum atomic E-state index is -0.628. The molecule has 0 radical (unpaired) electrons. The van der Waals surface area contributed by atoms with Crippen molar-refractivity contribution in [3.05, 3.63) is 29.8 Å². The third kappa shape index (κ3) is 6.17. The van der Waals surface area contributed by atoms with Gasteiger partial charge in [0, 0.05) is 11.1 Å². The number of ether oxygens (including phenoxy) is 1. The van der Waals surface area contributed by atoms with E-state index >= 15 is 0 Å². The highest BCUT2D eigenvalue weighted by molar-refractivity contribution is 5.98. The number of rotatable bonds is 7. The molecule has 26 heavy (non-hydrogen) atoms. The van der Waals surface area contributed by atoms with Gasteiger partial charge in [-0.2, -0.15) is 0 Å². The van der Waals surface area contributed by atoms with E-state index in [2.05, 4.69) is 10.6 Å². The van der Waals surface area contributed by atoms with Crippen LogP contribution in [0.1, 0.15) is 58.3 Å². The molecule has 0 fully saturated rings. The van der Waals surface area contributed by atoms with Crippen molar-refractivity contribution in [1.82, 2.24) is 5.32 Å². The van der Waals surface area contributed by atoms with E-state index in [1.807, 2.05) is 34.6 Å². The first-order valence-electron chi connectivity index (χ1n) is 8.99. The number of esters is 1. The molecule has 1 aromatic carbocycles. The number of nitrogens with one attached hydrogen (secondary N) is 2. The van der Waals surface area contributed by atoms with E-state index in [9.17, 15) is 14.4 Å². The lowest BCUT2D eigenvalue weighted by Gasteiger charge is -2.27. The Balaban J connectivity index is 2.86. The van der Waals surface area contributed by atoms with Crippen LogP contribution in [-0.2, 0) is 14.3 Å². The normalized spacial score (nSPS) is 13.5. The standard InChI is InChI=1S/C20H30N2O4/c1-7-13(3)16(22-19(25)20(4,5)6)17(23)21-15-11-9-14(10-12-15)18(24)26-8-2/h9-13,16H,7-8H2,1-6H3,(H,21,23)(H,22,25)/t13-,16-/m0/s1. The number of anilines is 1. The predicted octanol–water partition coefficient (Wildman–Crippen LogP) is 3.38. The van der Waals surface area contributed by atoms with Gasteiger partial charge in [-0.1, -0.05) is 41.0 Å². The molecule has 1 rings (SSSR count). The van der Waals surface area contributed by atoms with Gasteiger partial charge in [-0.25, -0.2) is 4.79 Å². The van der Waals surface area contributed by atoms with E-state index in [1.54, 1.807) is 31.2 Å². The Morgan fingerprint density at radius 3 is 2.12 bits per heavy atom. The summed E-state index contributed by atoms with van der Waals surface area (Å²) in [4.78, 5) is 36.6. The fourth-order valence-corrected chi connectivity index (χ4v) is 2.18. The molecule has 0 spiro atoms. The van der Waals surface area contributed by atoms with Crippen LogP contribution in [-0.4, -0.2) is 30.4 Å². The quantitative estimate of drug-likeness (QED) is 0.728. The average molecular weight is 362 g/mol. The van der Waals surface area contributed by atoms with Crippen molar-refractivity contribution >= 4 is 23.5 Å². The molecule has 0 aliphatic carbocycles. The van der Waals surface area contributed by atoms with E-state index < -0.39 is 17.4 Å². The lowest BCUT2D eigenvalue weighted by molar-refractivity contribution is -0.132. The molecule has 144 valence electrons. The minimum absolute atomic E-state index is 0.0138. The predicted molar refractivity (Wildman–Crippen MR) is 102 cm³/mol. The Morgan fingerprint density at radius 1 is 1.08 bits per heavy atom. The van der Waals surface area contributed by atoms with Gasteiger partial charge in [0.2, 0.25) is 11.8 Å². The maximum atomic E-state index is 12.7. The van der Waals surface area contributed by atoms with Gasteiger partial charge in [0.05, 0.1) is 12.2 Å². The number of carbonyl (C=O) groups is 3. The molecule has 0 unspecified atom stereocenters. The Kier molecular flexibility index (Phi) is 7.80. The summed E-state index contributed by atoms with van der Waals surface area (Å²) < 4.78 is 4.93. The molecule has 6 nitrogen and oxygen atoms in total. The van der Waals surface area contributed by atoms with Crippen LogP contribution in [0.3, 0.4) is 0 Å². The van der Waals surface area contributed by atoms with E-state index in [-0.39, 0.29) is 17.7 Å². The van der Waals surface area contributed by atoms with Crippen LogP contribution < -0.4 is 10.6 Å². The van der Waals surface area contributed by atoms with E-state index in [0.717, 1.165) is 6.42 Å². The second-order valence-corrected chi connectivity index (χ2v) is 7.37. The molecule has 2 atom stereocenters. The number of benzene rings is 1. The molecule has 0 saturated carbocycles. The number of hydrogen-bond acceptors (Lipinski definition) is 4. The summed E-state index contributed by atoms with van der Waals surface area (Å²) >= 11 is 0. The molecule has 0 heterocycles. The largest absolute Gasteiger partial charge is 0.462 e. The highest BCUT2D eigenvalue weighted by atomic mass is 16.5. The van der Waals surface area contributed by atoms with E-state index in [0.29, 0.717) is 17.9 Å². The van der Waals surface area contributed by atoms with Crippen LogP contribution >= 0.6 is 0 Å². The molecule has 0 aromatic heterocycles. The fraction of sp³-hybridized carbons (Fsp3) is 0.550. The monoisotopic (exact) mass is 362 g/mol. The zero-order valence-electron chi connectivity index (χ0n) is 16.5. The first-order valence-corrected chi connectivity index (χ1v) is 8.99. The summed E-state index contributed by atoms with van der Waals surface area (Å²) in [6, 6.07) is 5.85. The average Bonchev–Trinajstić information content (AvgIpc) is 2.58. The second kappa shape index (κ2) is 9.36. The third-order valence-electron chi connectivity index (χ3n) is 4.13. The summed E-state index contributed by atoms with van der Waals surface area (Å²) in [6.45, 7) is 11.4. The van der Waals surface area contributed by atoms with Crippen LogP contribution in [0.15, 0.2) is 24.3 Å². The van der Waals surface area contributed by atoms with Crippen LogP contribution in [0.5, 0.6) is 0 Å². The first-order chi connectivity index (χ1) is 12.1. The van der Waals surface area contributed by atoms with Crippen molar-refractivity contribution in [3.63, 3.8) is 0 Å². The topological polar surface area (TPSA) is 84.5 Å². The summed E-state index contributed by atoms with van der Waals surface area (Å²) in [6.07, 6.45) is 0.754. The van der Waals surface area contributed by atoms with Gasteiger partial charge < -0.3 is 15.4 Å². The van der Waals surface area contributed by atoms with Gasteiger partial charge in [0.15, 0.2) is 0 Å². The number of amides is 2. The molecule has 1 aromatic rings. The SMILES string of the molecule is CCOC(=O)c1ccc(NC(=O)[C@@H](NC(=O)C(C)(C)C)[C@@H](C)CC)cc1. The Bertz CT molecular complexity index is 632. The van der Waals surface area contributed by atoms with Gasteiger partial charge >= 0.3 is 5.97 Å². The summed E-state index contributed by atoms with van der Waals surface area (Å²) in [5, 5.41) is 5.66. The van der Waals surface area contributed by atoms with Crippen LogP contribution in [0.25, 0.3) is 0 Å². The van der Waals surface area contributed by atoms with Gasteiger partial charge in [-0.15, -0.1) is 0 Å². The van der Waals surface area contributed by atoms with Gasteiger partial charge in [0.1, 0.15) is 6.04 Å². The van der Waals surface area contributed by atoms with Crippen molar-refractivity contribution in [2.24, 2.45) is 11.3 Å². The fourth-order valence-electron chi connectivity index (χ4n) is 2.18. The van der Waals surface area contributed by atoms with E-state index in [4.69, 9.17) is 4.74 Å². The zero-order valence-corrected chi connectivity index (χ0v) is 16.5. The second-order valence-electron chi connectivity index (χ2n) is 7.37. The molecule has 0 bridgehead atoms. The highest BCUT2D eigenvalue weighted by Gasteiger charge is 2.30. The van der Waals surface area contributed by atoms with Crippen molar-refractivity contribution in [1.29, 1.82) is 0 Å². The maximum Gasteiger partial charge on any atom is 0.338 e. The smallest absolute Gasteiger partial charge is 0.338 e. The van der Waals surface area contributed by atoms with Crippen molar-refractivity contribution in [2.75, 3.05) is 11.9 Å². The molecule has 6 heteroatoms. The molecule has 2 N–H and O–H groups in total. The van der Waals surface area contributed by atoms with Gasteiger partial charge in [-0.05, 0) is 37.1 Å². The summed E-state index contributed by atoms with van der Waals surface area (Å²) in [7, 11) is 0. The lowest BCUT2D eigenvalue weighted by atomic mass is 9.92. The molecular weight excluding hydrogens is 332 g/mol. The minimum Gasteiger partial charge on any atom is -0.462 e.